The van der Waals surface area contributed by atoms with Crippen LogP contribution in [0.15, 0.2) is 22.3 Å². The molecular weight excluding hydrogens is 226 g/mol. The van der Waals surface area contributed by atoms with E-state index in [9.17, 15) is 8.42 Å². The van der Waals surface area contributed by atoms with Crippen LogP contribution in [0.25, 0.3) is 0 Å². The zero-order valence-corrected chi connectivity index (χ0v) is 10.6. The Kier molecular flexibility index (Phi) is 2.44. The largest absolute Gasteiger partial charge is 0.385 e. The van der Waals surface area contributed by atoms with Crippen LogP contribution in [-0.2, 0) is 10.1 Å². The molecule has 0 saturated carbocycles. The molecule has 4 nitrogen and oxygen atoms in total. The molecule has 0 spiro atoms. The van der Waals surface area contributed by atoms with Crippen LogP contribution < -0.4 is 5.32 Å². The first-order valence-corrected chi connectivity index (χ1v) is 6.85. The Morgan fingerprint density at radius 2 is 2.06 bits per heavy atom. The molecule has 0 aromatic heterocycles. The van der Waals surface area contributed by atoms with E-state index in [1.807, 2.05) is 0 Å². The molecule has 2 aliphatic rings. The molecule has 1 aliphatic carbocycles. The second-order valence-electron chi connectivity index (χ2n) is 5.07. The van der Waals surface area contributed by atoms with Crippen molar-refractivity contribution >= 4 is 10.1 Å². The Hall–Kier alpha value is -0.810. The van der Waals surface area contributed by atoms with Crippen LogP contribution >= 0.6 is 0 Å². The third kappa shape index (κ3) is 1.68. The van der Waals surface area contributed by atoms with Gasteiger partial charge >= 0.3 is 0 Å². The Bertz CT molecular complexity index is 485. The molecule has 5 heteroatoms. The molecule has 90 valence electrons. The summed E-state index contributed by atoms with van der Waals surface area (Å²) in [6.07, 6.45) is 2.67. The van der Waals surface area contributed by atoms with Crippen molar-refractivity contribution in [1.82, 2.24) is 5.32 Å². The smallest absolute Gasteiger partial charge is 0.290 e. The van der Waals surface area contributed by atoms with Crippen molar-refractivity contribution in [1.29, 1.82) is 0 Å². The summed E-state index contributed by atoms with van der Waals surface area (Å²) in [6.45, 7) is 6.24. The first-order chi connectivity index (χ1) is 7.23. The summed E-state index contributed by atoms with van der Waals surface area (Å²) in [5, 5.41) is 3.38. The summed E-state index contributed by atoms with van der Waals surface area (Å²) in [5.41, 5.74) is 2.04. The van der Waals surface area contributed by atoms with E-state index >= 15 is 0 Å². The van der Waals surface area contributed by atoms with Crippen LogP contribution in [0, 0.1) is 5.41 Å². The van der Waals surface area contributed by atoms with Gasteiger partial charge in [0.2, 0.25) is 0 Å². The molecule has 1 heterocycles. The van der Waals surface area contributed by atoms with Gasteiger partial charge < -0.3 is 5.32 Å². The van der Waals surface area contributed by atoms with Crippen molar-refractivity contribution in [3.05, 3.63) is 22.3 Å². The SMILES string of the molecule is CC1NC2=C(C=C(S(=O)(=O)O)CC2)C1(C)C. The summed E-state index contributed by atoms with van der Waals surface area (Å²) < 4.78 is 31.3. The summed E-state index contributed by atoms with van der Waals surface area (Å²) in [5.74, 6) is 0. The van der Waals surface area contributed by atoms with E-state index in [4.69, 9.17) is 4.55 Å². The van der Waals surface area contributed by atoms with Gasteiger partial charge in [-0.2, -0.15) is 8.42 Å². The van der Waals surface area contributed by atoms with Gasteiger partial charge in [0.25, 0.3) is 10.1 Å². The highest BCUT2D eigenvalue weighted by molar-refractivity contribution is 7.89. The van der Waals surface area contributed by atoms with Gasteiger partial charge in [-0.1, -0.05) is 13.8 Å². The molecular formula is C11H17NO3S. The lowest BCUT2D eigenvalue weighted by Gasteiger charge is -2.26. The lowest BCUT2D eigenvalue weighted by Crippen LogP contribution is -2.31. The quantitative estimate of drug-likeness (QED) is 0.689. The van der Waals surface area contributed by atoms with Crippen LogP contribution in [0.5, 0.6) is 0 Å². The Balaban J connectivity index is 2.47. The highest BCUT2D eigenvalue weighted by Crippen LogP contribution is 2.43. The molecule has 0 amide bonds. The summed E-state index contributed by atoms with van der Waals surface area (Å²) >= 11 is 0. The molecule has 0 aromatic carbocycles. The Morgan fingerprint density at radius 1 is 1.44 bits per heavy atom. The molecule has 16 heavy (non-hydrogen) atoms. The first-order valence-electron chi connectivity index (χ1n) is 5.41. The fraction of sp³-hybridized carbons (Fsp3) is 0.636. The standard InChI is InChI=1S/C11H17NO3S/c1-7-11(2,3)9-6-8(16(13,14)15)4-5-10(9)12-7/h6-7,12H,4-5H2,1-3H3,(H,13,14,15). The van der Waals surface area contributed by atoms with Gasteiger partial charge in [0.15, 0.2) is 0 Å². The molecule has 1 atom stereocenters. The van der Waals surface area contributed by atoms with Crippen LogP contribution in [0.2, 0.25) is 0 Å². The molecule has 0 saturated heterocycles. The third-order valence-corrected chi connectivity index (χ3v) is 4.74. The lowest BCUT2D eigenvalue weighted by atomic mass is 9.79. The van der Waals surface area contributed by atoms with E-state index in [1.54, 1.807) is 6.08 Å². The Morgan fingerprint density at radius 3 is 2.62 bits per heavy atom. The maximum Gasteiger partial charge on any atom is 0.290 e. The molecule has 0 bridgehead atoms. The van der Waals surface area contributed by atoms with E-state index < -0.39 is 10.1 Å². The minimum atomic E-state index is -4.03. The number of hydrogen-bond acceptors (Lipinski definition) is 3. The molecule has 1 unspecified atom stereocenters. The van der Waals surface area contributed by atoms with Gasteiger partial charge in [-0.3, -0.25) is 4.55 Å². The van der Waals surface area contributed by atoms with E-state index in [2.05, 4.69) is 26.1 Å². The van der Waals surface area contributed by atoms with E-state index in [-0.39, 0.29) is 16.4 Å². The highest BCUT2D eigenvalue weighted by atomic mass is 32.2. The molecule has 2 N–H and O–H groups in total. The van der Waals surface area contributed by atoms with E-state index in [0.29, 0.717) is 12.8 Å². The first kappa shape index (κ1) is 11.7. The normalized spacial score (nSPS) is 28.5. The summed E-state index contributed by atoms with van der Waals surface area (Å²) in [7, 11) is -4.03. The van der Waals surface area contributed by atoms with Gasteiger partial charge in [0.1, 0.15) is 0 Å². The number of allylic oxidation sites excluding steroid dienone is 3. The van der Waals surface area contributed by atoms with Gasteiger partial charge in [-0.15, -0.1) is 0 Å². The number of hydrogen-bond donors (Lipinski definition) is 2. The molecule has 1 aliphatic heterocycles. The predicted molar refractivity (Wildman–Crippen MR) is 62.3 cm³/mol. The zero-order chi connectivity index (χ0) is 12.1. The molecule has 0 radical (unpaired) electrons. The van der Waals surface area contributed by atoms with Crippen molar-refractivity contribution in [2.24, 2.45) is 5.41 Å². The van der Waals surface area contributed by atoms with Crippen molar-refractivity contribution in [2.75, 3.05) is 0 Å². The second-order valence-corrected chi connectivity index (χ2v) is 6.54. The topological polar surface area (TPSA) is 66.4 Å². The highest BCUT2D eigenvalue weighted by Gasteiger charge is 2.39. The van der Waals surface area contributed by atoms with Crippen LogP contribution in [-0.4, -0.2) is 19.0 Å². The van der Waals surface area contributed by atoms with Crippen molar-refractivity contribution < 1.29 is 13.0 Å². The number of rotatable bonds is 1. The maximum atomic E-state index is 11.1. The lowest BCUT2D eigenvalue weighted by molar-refractivity contribution is 0.373. The van der Waals surface area contributed by atoms with Crippen LogP contribution in [0.4, 0.5) is 0 Å². The van der Waals surface area contributed by atoms with Gasteiger partial charge in [-0.25, -0.2) is 0 Å². The van der Waals surface area contributed by atoms with Gasteiger partial charge in [0.05, 0.1) is 4.91 Å². The second kappa shape index (κ2) is 3.34. The average Bonchev–Trinajstić information content (AvgIpc) is 2.37. The van der Waals surface area contributed by atoms with Crippen molar-refractivity contribution in [3.8, 4) is 0 Å². The molecule has 2 rings (SSSR count). The molecule has 0 fully saturated rings. The van der Waals surface area contributed by atoms with Crippen LogP contribution in [0.1, 0.15) is 33.6 Å². The minimum absolute atomic E-state index is 0.0916. The summed E-state index contributed by atoms with van der Waals surface area (Å²) in [6, 6.07) is 0.287. The van der Waals surface area contributed by atoms with Gasteiger partial charge in [-0.05, 0) is 31.4 Å². The maximum absolute atomic E-state index is 11.1. The van der Waals surface area contributed by atoms with Crippen molar-refractivity contribution in [2.45, 2.75) is 39.7 Å². The fourth-order valence-electron chi connectivity index (χ4n) is 2.31. The van der Waals surface area contributed by atoms with E-state index in [1.165, 1.54) is 0 Å². The summed E-state index contributed by atoms with van der Waals surface area (Å²) in [4.78, 5) is 0.134. The fourth-order valence-corrected chi connectivity index (χ4v) is 2.93. The Labute approximate surface area is 96.2 Å². The predicted octanol–water partition coefficient (Wildman–Crippen LogP) is 1.82. The monoisotopic (exact) mass is 243 g/mol. The molecule has 0 aromatic rings. The van der Waals surface area contributed by atoms with Gasteiger partial charge in [0, 0.05) is 17.2 Å². The van der Waals surface area contributed by atoms with E-state index in [0.717, 1.165) is 11.3 Å². The minimum Gasteiger partial charge on any atom is -0.385 e. The number of nitrogens with one attached hydrogen (secondary N) is 1. The van der Waals surface area contributed by atoms with Crippen molar-refractivity contribution in [3.63, 3.8) is 0 Å². The van der Waals surface area contributed by atoms with Crippen LogP contribution in [0.3, 0.4) is 0 Å². The average molecular weight is 243 g/mol. The zero-order valence-electron chi connectivity index (χ0n) is 9.74. The third-order valence-electron chi connectivity index (χ3n) is 3.75.